The van der Waals surface area contributed by atoms with Crippen molar-refractivity contribution in [2.45, 2.75) is 6.92 Å². The molecule has 0 saturated heterocycles. The summed E-state index contributed by atoms with van der Waals surface area (Å²) in [6.45, 7) is 1.71. The van der Waals surface area contributed by atoms with Crippen molar-refractivity contribution in [1.82, 2.24) is 4.98 Å². The predicted molar refractivity (Wildman–Crippen MR) is 55.6 cm³/mol. The SMILES string of the molecule is Cc1[nH]c(-c2cc(F)ccc2F)cc1C#N. The lowest BCUT2D eigenvalue weighted by atomic mass is 10.1. The van der Waals surface area contributed by atoms with Gasteiger partial charge in [-0.25, -0.2) is 8.78 Å². The lowest BCUT2D eigenvalue weighted by molar-refractivity contribution is 0.602. The molecule has 0 spiro atoms. The van der Waals surface area contributed by atoms with Crippen molar-refractivity contribution in [1.29, 1.82) is 5.26 Å². The molecule has 16 heavy (non-hydrogen) atoms. The van der Waals surface area contributed by atoms with Gasteiger partial charge in [0.25, 0.3) is 0 Å². The van der Waals surface area contributed by atoms with E-state index < -0.39 is 11.6 Å². The summed E-state index contributed by atoms with van der Waals surface area (Å²) < 4.78 is 26.4. The minimum Gasteiger partial charge on any atom is -0.357 e. The molecule has 0 bridgehead atoms. The van der Waals surface area contributed by atoms with Crippen LogP contribution in [0.5, 0.6) is 0 Å². The van der Waals surface area contributed by atoms with E-state index in [-0.39, 0.29) is 5.56 Å². The fourth-order valence-electron chi connectivity index (χ4n) is 1.52. The first-order valence-electron chi connectivity index (χ1n) is 4.67. The third kappa shape index (κ3) is 1.68. The monoisotopic (exact) mass is 218 g/mol. The minimum absolute atomic E-state index is 0.129. The molecule has 0 unspecified atom stereocenters. The number of aryl methyl sites for hydroxylation is 1. The quantitative estimate of drug-likeness (QED) is 0.784. The molecule has 4 heteroatoms. The Morgan fingerprint density at radius 3 is 2.62 bits per heavy atom. The number of hydrogen-bond donors (Lipinski definition) is 1. The molecule has 0 aliphatic rings. The zero-order chi connectivity index (χ0) is 11.7. The summed E-state index contributed by atoms with van der Waals surface area (Å²) in [5, 5.41) is 8.76. The molecule has 2 rings (SSSR count). The Labute approximate surface area is 91.2 Å². The Morgan fingerprint density at radius 1 is 1.25 bits per heavy atom. The van der Waals surface area contributed by atoms with Crippen molar-refractivity contribution in [3.8, 4) is 17.3 Å². The highest BCUT2D eigenvalue weighted by molar-refractivity contribution is 5.63. The van der Waals surface area contributed by atoms with Crippen LogP contribution >= 0.6 is 0 Å². The molecule has 1 aromatic carbocycles. The van der Waals surface area contributed by atoms with Crippen molar-refractivity contribution in [2.75, 3.05) is 0 Å². The number of benzene rings is 1. The maximum Gasteiger partial charge on any atom is 0.132 e. The van der Waals surface area contributed by atoms with Gasteiger partial charge in [-0.05, 0) is 31.2 Å². The number of nitrogens with zero attached hydrogens (tertiary/aromatic N) is 1. The number of H-pyrrole nitrogens is 1. The smallest absolute Gasteiger partial charge is 0.132 e. The molecule has 1 aromatic heterocycles. The van der Waals surface area contributed by atoms with Crippen molar-refractivity contribution in [3.05, 3.63) is 47.2 Å². The summed E-state index contributed by atoms with van der Waals surface area (Å²) >= 11 is 0. The molecule has 2 nitrogen and oxygen atoms in total. The summed E-state index contributed by atoms with van der Waals surface area (Å²) in [5.41, 5.74) is 1.61. The number of hydrogen-bond acceptors (Lipinski definition) is 1. The second kappa shape index (κ2) is 3.78. The Morgan fingerprint density at radius 2 is 2.00 bits per heavy atom. The van der Waals surface area contributed by atoms with E-state index in [4.69, 9.17) is 5.26 Å². The van der Waals surface area contributed by atoms with E-state index in [2.05, 4.69) is 4.98 Å². The van der Waals surface area contributed by atoms with E-state index in [9.17, 15) is 8.78 Å². The van der Waals surface area contributed by atoms with Gasteiger partial charge in [0.2, 0.25) is 0 Å². The van der Waals surface area contributed by atoms with Crippen LogP contribution in [0.15, 0.2) is 24.3 Å². The molecular formula is C12H8F2N2. The third-order valence-electron chi connectivity index (χ3n) is 2.35. The molecule has 0 aliphatic heterocycles. The number of nitrogens with one attached hydrogen (secondary N) is 1. The van der Waals surface area contributed by atoms with Crippen LogP contribution < -0.4 is 0 Å². The molecule has 0 radical (unpaired) electrons. The summed E-state index contributed by atoms with van der Waals surface area (Å²) in [7, 11) is 0. The summed E-state index contributed by atoms with van der Waals surface area (Å²) in [6, 6.07) is 6.70. The maximum atomic E-state index is 13.4. The van der Waals surface area contributed by atoms with Gasteiger partial charge < -0.3 is 4.98 Å². The van der Waals surface area contributed by atoms with Crippen LogP contribution in [0.4, 0.5) is 8.78 Å². The zero-order valence-corrected chi connectivity index (χ0v) is 8.51. The van der Waals surface area contributed by atoms with E-state index in [1.807, 2.05) is 6.07 Å². The minimum atomic E-state index is -0.521. The van der Waals surface area contributed by atoms with Gasteiger partial charge in [0.15, 0.2) is 0 Å². The molecule has 0 aliphatic carbocycles. The fraction of sp³-hybridized carbons (Fsp3) is 0.0833. The van der Waals surface area contributed by atoms with E-state index in [0.29, 0.717) is 17.0 Å². The molecule has 1 heterocycles. The standard InChI is InChI=1S/C12H8F2N2/c1-7-8(6-15)4-12(16-7)10-5-9(13)2-3-11(10)14/h2-5,16H,1H3. The third-order valence-corrected chi connectivity index (χ3v) is 2.35. The van der Waals surface area contributed by atoms with Crippen LogP contribution in [-0.4, -0.2) is 4.98 Å². The summed E-state index contributed by atoms with van der Waals surface area (Å²) in [6.07, 6.45) is 0. The number of rotatable bonds is 1. The van der Waals surface area contributed by atoms with Crippen molar-refractivity contribution < 1.29 is 8.78 Å². The first kappa shape index (κ1) is 10.4. The lowest BCUT2D eigenvalue weighted by Crippen LogP contribution is -1.86. The van der Waals surface area contributed by atoms with E-state index in [1.54, 1.807) is 6.92 Å². The van der Waals surface area contributed by atoms with E-state index in [0.717, 1.165) is 18.2 Å². The summed E-state index contributed by atoms with van der Waals surface area (Å²) in [5.74, 6) is -1.03. The average molecular weight is 218 g/mol. The Hall–Kier alpha value is -2.15. The highest BCUT2D eigenvalue weighted by Gasteiger charge is 2.10. The van der Waals surface area contributed by atoms with Gasteiger partial charge in [-0.15, -0.1) is 0 Å². The van der Waals surface area contributed by atoms with Crippen molar-refractivity contribution in [2.24, 2.45) is 0 Å². The first-order chi connectivity index (χ1) is 7.61. The fourth-order valence-corrected chi connectivity index (χ4v) is 1.52. The van der Waals surface area contributed by atoms with Crippen LogP contribution in [0.3, 0.4) is 0 Å². The first-order valence-corrected chi connectivity index (χ1v) is 4.67. The number of nitriles is 1. The van der Waals surface area contributed by atoms with Crippen molar-refractivity contribution in [3.63, 3.8) is 0 Å². The van der Waals surface area contributed by atoms with E-state index in [1.165, 1.54) is 6.07 Å². The Balaban J connectivity index is 2.59. The summed E-state index contributed by atoms with van der Waals surface area (Å²) in [4.78, 5) is 2.85. The molecule has 2 aromatic rings. The Bertz CT molecular complexity index is 579. The normalized spacial score (nSPS) is 10.1. The van der Waals surface area contributed by atoms with Crippen molar-refractivity contribution >= 4 is 0 Å². The number of aromatic amines is 1. The van der Waals surface area contributed by atoms with Gasteiger partial charge in [0, 0.05) is 17.0 Å². The van der Waals surface area contributed by atoms with Crippen LogP contribution in [0.1, 0.15) is 11.3 Å². The second-order valence-corrected chi connectivity index (χ2v) is 3.46. The zero-order valence-electron chi connectivity index (χ0n) is 8.51. The predicted octanol–water partition coefficient (Wildman–Crippen LogP) is 3.14. The largest absolute Gasteiger partial charge is 0.357 e. The molecule has 0 saturated carbocycles. The molecule has 80 valence electrons. The molecule has 0 amide bonds. The van der Waals surface area contributed by atoms with Gasteiger partial charge in [-0.2, -0.15) is 5.26 Å². The Kier molecular flexibility index (Phi) is 2.45. The number of aromatic nitrogens is 1. The highest BCUT2D eigenvalue weighted by atomic mass is 19.1. The maximum absolute atomic E-state index is 13.4. The highest BCUT2D eigenvalue weighted by Crippen LogP contribution is 2.24. The second-order valence-electron chi connectivity index (χ2n) is 3.46. The van der Waals surface area contributed by atoms with Gasteiger partial charge in [0.1, 0.15) is 17.7 Å². The molecule has 0 fully saturated rings. The number of halogens is 2. The molecule has 1 N–H and O–H groups in total. The van der Waals surface area contributed by atoms with Crippen LogP contribution in [0.25, 0.3) is 11.3 Å². The van der Waals surface area contributed by atoms with Gasteiger partial charge in [-0.3, -0.25) is 0 Å². The van der Waals surface area contributed by atoms with E-state index >= 15 is 0 Å². The van der Waals surface area contributed by atoms with Crippen LogP contribution in [0, 0.1) is 29.9 Å². The molecular weight excluding hydrogens is 210 g/mol. The van der Waals surface area contributed by atoms with Gasteiger partial charge in [0.05, 0.1) is 5.56 Å². The lowest BCUT2D eigenvalue weighted by Gasteiger charge is -2.00. The average Bonchev–Trinajstić information content (AvgIpc) is 2.63. The molecule has 0 atom stereocenters. The van der Waals surface area contributed by atoms with Gasteiger partial charge >= 0.3 is 0 Å². The van der Waals surface area contributed by atoms with Crippen LogP contribution in [0.2, 0.25) is 0 Å². The van der Waals surface area contributed by atoms with Crippen LogP contribution in [-0.2, 0) is 0 Å². The topological polar surface area (TPSA) is 39.6 Å². The van der Waals surface area contributed by atoms with Gasteiger partial charge in [-0.1, -0.05) is 0 Å².